The van der Waals surface area contributed by atoms with Crippen molar-refractivity contribution in [3.05, 3.63) is 90.3 Å². The third-order valence-electron chi connectivity index (χ3n) is 4.68. The molecule has 2 N–H and O–H groups in total. The molecule has 8 heteroatoms. The van der Waals surface area contributed by atoms with Crippen LogP contribution < -0.4 is 14.5 Å². The van der Waals surface area contributed by atoms with Crippen LogP contribution in [0.4, 0.5) is 5.69 Å². The van der Waals surface area contributed by atoms with E-state index in [9.17, 15) is 9.00 Å². The van der Waals surface area contributed by atoms with Crippen molar-refractivity contribution >= 4 is 28.2 Å². The number of carbonyl (C=O) groups excluding carboxylic acids is 1. The zero-order chi connectivity index (χ0) is 23.1. The molecule has 2 aromatic carbocycles. The number of amides is 1. The Bertz CT molecular complexity index is 1120. The van der Waals surface area contributed by atoms with Crippen molar-refractivity contribution in [2.75, 3.05) is 11.4 Å². The lowest BCUT2D eigenvalue weighted by Crippen LogP contribution is -2.32. The molecule has 32 heavy (non-hydrogen) atoms. The van der Waals surface area contributed by atoms with Gasteiger partial charge in [0.15, 0.2) is 11.0 Å². The lowest BCUT2D eigenvalue weighted by Gasteiger charge is -2.28. The highest BCUT2D eigenvalue weighted by Crippen LogP contribution is 2.30. The SMILES string of the molecule is COc1ccc(S(=O)N(c2cccc(/C(=C\C(=O)NO)c3cccnc3)c2)C(C)C)cc1. The maximum absolute atomic E-state index is 13.4. The Kier molecular flexibility index (Phi) is 7.75. The number of aromatic nitrogens is 1. The Balaban J connectivity index is 2.04. The third kappa shape index (κ3) is 5.40. The number of hydroxylamine groups is 1. The van der Waals surface area contributed by atoms with Gasteiger partial charge in [0.05, 0.1) is 17.7 Å². The van der Waals surface area contributed by atoms with Crippen molar-refractivity contribution in [2.24, 2.45) is 0 Å². The van der Waals surface area contributed by atoms with Crippen LogP contribution in [-0.2, 0) is 15.8 Å². The number of pyridine rings is 1. The van der Waals surface area contributed by atoms with Gasteiger partial charge in [-0.25, -0.2) is 9.69 Å². The van der Waals surface area contributed by atoms with E-state index in [4.69, 9.17) is 9.94 Å². The zero-order valence-electron chi connectivity index (χ0n) is 18.1. The summed E-state index contributed by atoms with van der Waals surface area (Å²) in [5, 5.41) is 9.01. The van der Waals surface area contributed by atoms with Gasteiger partial charge in [0.25, 0.3) is 5.91 Å². The van der Waals surface area contributed by atoms with Gasteiger partial charge in [-0.1, -0.05) is 18.2 Å². The molecule has 3 aromatic rings. The number of methoxy groups -OCH3 is 1. The van der Waals surface area contributed by atoms with Crippen molar-refractivity contribution < 1.29 is 18.9 Å². The Morgan fingerprint density at radius 3 is 2.44 bits per heavy atom. The molecule has 1 aromatic heterocycles. The van der Waals surface area contributed by atoms with Crippen LogP contribution in [0.2, 0.25) is 0 Å². The molecule has 0 fully saturated rings. The molecule has 166 valence electrons. The van der Waals surface area contributed by atoms with Gasteiger partial charge in [0, 0.05) is 30.1 Å². The van der Waals surface area contributed by atoms with E-state index < -0.39 is 16.9 Å². The monoisotopic (exact) mass is 451 g/mol. The predicted molar refractivity (Wildman–Crippen MR) is 125 cm³/mol. The Labute approximate surface area is 189 Å². The van der Waals surface area contributed by atoms with Gasteiger partial charge in [-0.15, -0.1) is 0 Å². The van der Waals surface area contributed by atoms with Gasteiger partial charge < -0.3 is 4.74 Å². The fourth-order valence-corrected chi connectivity index (χ4v) is 4.50. The van der Waals surface area contributed by atoms with E-state index in [1.54, 1.807) is 59.6 Å². The number of nitrogens with zero attached hydrogens (tertiary/aromatic N) is 2. The van der Waals surface area contributed by atoms with Gasteiger partial charge in [0.2, 0.25) is 0 Å². The summed E-state index contributed by atoms with van der Waals surface area (Å²) < 4.78 is 20.4. The summed E-state index contributed by atoms with van der Waals surface area (Å²) in [4.78, 5) is 16.7. The minimum atomic E-state index is -1.46. The van der Waals surface area contributed by atoms with Gasteiger partial charge >= 0.3 is 0 Å². The topological polar surface area (TPSA) is 91.8 Å². The number of nitrogens with one attached hydrogen (secondary N) is 1. The second-order valence-electron chi connectivity index (χ2n) is 7.17. The number of ether oxygens (including phenoxy) is 1. The summed E-state index contributed by atoms with van der Waals surface area (Å²) in [7, 11) is 0.121. The Morgan fingerprint density at radius 1 is 1.12 bits per heavy atom. The number of rotatable bonds is 8. The van der Waals surface area contributed by atoms with E-state index in [1.165, 1.54) is 6.08 Å². The highest BCUT2D eigenvalue weighted by molar-refractivity contribution is 7.86. The Morgan fingerprint density at radius 2 is 1.84 bits per heavy atom. The number of anilines is 1. The largest absolute Gasteiger partial charge is 0.497 e. The van der Waals surface area contributed by atoms with Gasteiger partial charge in [0.1, 0.15) is 5.75 Å². The second kappa shape index (κ2) is 10.7. The maximum atomic E-state index is 13.4. The summed E-state index contributed by atoms with van der Waals surface area (Å²) >= 11 is 0. The van der Waals surface area contributed by atoms with Crippen molar-refractivity contribution in [3.63, 3.8) is 0 Å². The summed E-state index contributed by atoms with van der Waals surface area (Å²) in [5.74, 6) is 0.0361. The quantitative estimate of drug-likeness (QED) is 0.307. The summed E-state index contributed by atoms with van der Waals surface area (Å²) in [6.07, 6.45) is 4.58. The van der Waals surface area contributed by atoms with E-state index in [0.29, 0.717) is 21.8 Å². The molecule has 1 atom stereocenters. The zero-order valence-corrected chi connectivity index (χ0v) is 18.9. The van der Waals surface area contributed by atoms with E-state index in [1.807, 2.05) is 44.2 Å². The molecule has 0 saturated heterocycles. The maximum Gasteiger partial charge on any atom is 0.267 e. The van der Waals surface area contributed by atoms with Crippen LogP contribution in [0.15, 0.2) is 84.0 Å². The molecule has 0 aliphatic heterocycles. The van der Waals surface area contributed by atoms with Crippen LogP contribution in [0.5, 0.6) is 5.75 Å². The van der Waals surface area contributed by atoms with E-state index in [0.717, 1.165) is 11.3 Å². The first-order chi connectivity index (χ1) is 15.4. The minimum Gasteiger partial charge on any atom is -0.497 e. The molecule has 0 aliphatic rings. The van der Waals surface area contributed by atoms with E-state index >= 15 is 0 Å². The fourth-order valence-electron chi connectivity index (χ4n) is 3.22. The number of benzene rings is 2. The molecule has 1 heterocycles. The first-order valence-electron chi connectivity index (χ1n) is 9.96. The number of carbonyl (C=O) groups is 1. The normalized spacial score (nSPS) is 12.3. The van der Waals surface area contributed by atoms with Crippen molar-refractivity contribution in [2.45, 2.75) is 24.8 Å². The molecular weight excluding hydrogens is 426 g/mol. The van der Waals surface area contributed by atoms with E-state index in [-0.39, 0.29) is 6.04 Å². The summed E-state index contributed by atoms with van der Waals surface area (Å²) in [6, 6.07) is 18.1. The number of hydrogen-bond acceptors (Lipinski definition) is 5. The summed E-state index contributed by atoms with van der Waals surface area (Å²) in [6.45, 7) is 3.93. The van der Waals surface area contributed by atoms with Crippen LogP contribution >= 0.6 is 0 Å². The minimum absolute atomic E-state index is 0.0697. The molecule has 0 aliphatic carbocycles. The first kappa shape index (κ1) is 23.2. The van der Waals surface area contributed by atoms with Crippen molar-refractivity contribution in [1.82, 2.24) is 10.5 Å². The average Bonchev–Trinajstić information content (AvgIpc) is 2.83. The highest BCUT2D eigenvalue weighted by Gasteiger charge is 2.21. The third-order valence-corrected chi connectivity index (χ3v) is 6.34. The van der Waals surface area contributed by atoms with Crippen LogP contribution in [0, 0.1) is 0 Å². The van der Waals surface area contributed by atoms with Gasteiger partial charge in [-0.3, -0.25) is 19.3 Å². The molecule has 0 radical (unpaired) electrons. The molecule has 0 spiro atoms. The Hall–Kier alpha value is -3.49. The lowest BCUT2D eigenvalue weighted by molar-refractivity contribution is -0.124. The van der Waals surface area contributed by atoms with Crippen LogP contribution in [0.1, 0.15) is 25.0 Å². The van der Waals surface area contributed by atoms with Gasteiger partial charge in [-0.05, 0) is 67.4 Å². The molecule has 3 rings (SSSR count). The molecule has 0 saturated carbocycles. The van der Waals surface area contributed by atoms with Crippen LogP contribution in [0.3, 0.4) is 0 Å². The average molecular weight is 452 g/mol. The molecule has 1 amide bonds. The van der Waals surface area contributed by atoms with Crippen LogP contribution in [-0.4, -0.2) is 33.5 Å². The standard InChI is InChI=1S/C24H25N3O4S/c1-17(2)27(32(30)22-11-9-21(31-3)10-12-22)20-8-4-6-18(14-20)23(15-24(28)26-29)19-7-5-13-25-16-19/h4-17,29H,1-3H3,(H,26,28)/b23-15+. The fraction of sp³-hybridized carbons (Fsp3) is 0.167. The predicted octanol–water partition coefficient (Wildman–Crippen LogP) is 3.96. The smallest absolute Gasteiger partial charge is 0.267 e. The van der Waals surface area contributed by atoms with Crippen molar-refractivity contribution in [1.29, 1.82) is 0 Å². The molecular formula is C24H25N3O4S. The van der Waals surface area contributed by atoms with E-state index in [2.05, 4.69) is 4.98 Å². The second-order valence-corrected chi connectivity index (χ2v) is 8.53. The molecule has 1 unspecified atom stereocenters. The molecule has 7 nitrogen and oxygen atoms in total. The highest BCUT2D eigenvalue weighted by atomic mass is 32.2. The van der Waals surface area contributed by atoms with Crippen LogP contribution in [0.25, 0.3) is 5.57 Å². The van der Waals surface area contributed by atoms with Gasteiger partial charge in [-0.2, -0.15) is 0 Å². The summed E-state index contributed by atoms with van der Waals surface area (Å²) in [5.41, 5.74) is 4.36. The van der Waals surface area contributed by atoms with Crippen molar-refractivity contribution in [3.8, 4) is 5.75 Å². The number of hydrogen-bond donors (Lipinski definition) is 2. The first-order valence-corrected chi connectivity index (χ1v) is 11.1. The lowest BCUT2D eigenvalue weighted by atomic mass is 9.98. The molecule has 0 bridgehead atoms.